The molecule has 2 rings (SSSR count). The van der Waals surface area contributed by atoms with E-state index in [9.17, 15) is 9.59 Å². The van der Waals surface area contributed by atoms with Crippen LogP contribution in [-0.2, 0) is 16.1 Å². The average molecular weight is 492 g/mol. The van der Waals surface area contributed by atoms with E-state index >= 15 is 0 Å². The van der Waals surface area contributed by atoms with Crippen LogP contribution in [0.5, 0.6) is 5.75 Å². The molecule has 0 saturated carbocycles. The Balaban J connectivity index is 2.22. The van der Waals surface area contributed by atoms with Gasteiger partial charge in [0.25, 0.3) is 5.91 Å². The lowest BCUT2D eigenvalue weighted by molar-refractivity contribution is -0.142. The molecule has 1 atom stereocenters. The number of halogens is 4. The normalized spacial score (nSPS) is 11.9. The Labute approximate surface area is 196 Å². The molecule has 9 heteroatoms. The largest absolute Gasteiger partial charge is 0.482 e. The molecule has 0 unspecified atom stereocenters. The van der Waals surface area contributed by atoms with Gasteiger partial charge in [-0.25, -0.2) is 0 Å². The van der Waals surface area contributed by atoms with Crippen molar-refractivity contribution in [2.45, 2.75) is 39.4 Å². The maximum Gasteiger partial charge on any atom is 0.261 e. The number of amides is 2. The molecule has 2 aromatic rings. The molecular weight excluding hydrogens is 470 g/mol. The minimum absolute atomic E-state index is 0.0693. The Morgan fingerprint density at radius 1 is 0.967 bits per heavy atom. The molecule has 0 heterocycles. The van der Waals surface area contributed by atoms with E-state index in [4.69, 9.17) is 51.1 Å². The van der Waals surface area contributed by atoms with E-state index in [1.54, 1.807) is 37.3 Å². The van der Waals surface area contributed by atoms with Crippen LogP contribution in [0.1, 0.15) is 26.3 Å². The van der Waals surface area contributed by atoms with Gasteiger partial charge in [-0.1, -0.05) is 52.5 Å². The topological polar surface area (TPSA) is 58.6 Å². The summed E-state index contributed by atoms with van der Waals surface area (Å²) < 4.78 is 5.57. The molecule has 0 bridgehead atoms. The monoisotopic (exact) mass is 490 g/mol. The first kappa shape index (κ1) is 24.6. The molecule has 0 saturated heterocycles. The highest BCUT2D eigenvalue weighted by molar-refractivity contribution is 6.35. The third-order valence-corrected chi connectivity index (χ3v) is 5.32. The summed E-state index contributed by atoms with van der Waals surface area (Å²) in [6, 6.07) is 8.86. The van der Waals surface area contributed by atoms with E-state index in [2.05, 4.69) is 5.32 Å². The van der Waals surface area contributed by atoms with E-state index in [0.717, 1.165) is 0 Å². The number of hydrogen-bond donors (Lipinski definition) is 1. The Kier molecular flexibility index (Phi) is 9.10. The highest BCUT2D eigenvalue weighted by Crippen LogP contribution is 2.28. The van der Waals surface area contributed by atoms with Crippen LogP contribution in [0, 0.1) is 0 Å². The second-order valence-corrected chi connectivity index (χ2v) is 8.65. The zero-order valence-corrected chi connectivity index (χ0v) is 19.7. The molecular formula is C21H22Cl4N2O3. The van der Waals surface area contributed by atoms with Gasteiger partial charge in [-0.05, 0) is 56.7 Å². The van der Waals surface area contributed by atoms with E-state index in [1.165, 1.54) is 11.0 Å². The predicted octanol–water partition coefficient (Wildman–Crippen LogP) is 5.62. The van der Waals surface area contributed by atoms with Gasteiger partial charge in [-0.15, -0.1) is 0 Å². The second kappa shape index (κ2) is 11.1. The first-order valence-electron chi connectivity index (χ1n) is 9.20. The number of hydrogen-bond acceptors (Lipinski definition) is 3. The third-order valence-electron chi connectivity index (χ3n) is 4.20. The van der Waals surface area contributed by atoms with Crippen LogP contribution < -0.4 is 10.1 Å². The Hall–Kier alpha value is -1.66. The van der Waals surface area contributed by atoms with Gasteiger partial charge in [-0.2, -0.15) is 0 Å². The lowest BCUT2D eigenvalue weighted by Gasteiger charge is -2.29. The summed E-state index contributed by atoms with van der Waals surface area (Å²) in [7, 11) is 0. The van der Waals surface area contributed by atoms with Crippen LogP contribution in [-0.4, -0.2) is 35.4 Å². The fourth-order valence-electron chi connectivity index (χ4n) is 2.64. The number of carbonyl (C=O) groups is 2. The van der Waals surface area contributed by atoms with Crippen LogP contribution in [0.4, 0.5) is 0 Å². The Bertz CT molecular complexity index is 921. The quantitative estimate of drug-likeness (QED) is 0.521. The van der Waals surface area contributed by atoms with Gasteiger partial charge in [0.2, 0.25) is 5.91 Å². The first-order valence-corrected chi connectivity index (χ1v) is 10.7. The van der Waals surface area contributed by atoms with Crippen LogP contribution in [0.25, 0.3) is 0 Å². The number of nitrogens with one attached hydrogen (secondary N) is 1. The molecule has 0 radical (unpaired) electrons. The molecule has 162 valence electrons. The number of carbonyl (C=O) groups excluding carboxylic acids is 2. The average Bonchev–Trinajstić information content (AvgIpc) is 2.65. The summed E-state index contributed by atoms with van der Waals surface area (Å²) in [5, 5.41) is 4.43. The zero-order chi connectivity index (χ0) is 22.4. The van der Waals surface area contributed by atoms with Crippen molar-refractivity contribution in [3.63, 3.8) is 0 Å². The minimum Gasteiger partial charge on any atom is -0.482 e. The SMILES string of the molecule is CC(C)NC(=O)[C@H](C)N(Cc1ccc(Cl)cc1Cl)C(=O)COc1ccc(Cl)cc1Cl. The highest BCUT2D eigenvalue weighted by atomic mass is 35.5. The van der Waals surface area contributed by atoms with Gasteiger partial charge in [-0.3, -0.25) is 9.59 Å². The molecule has 1 N–H and O–H groups in total. The Morgan fingerprint density at radius 3 is 2.13 bits per heavy atom. The van der Waals surface area contributed by atoms with Crippen molar-refractivity contribution in [2.75, 3.05) is 6.61 Å². The molecule has 0 aliphatic rings. The Morgan fingerprint density at radius 2 is 1.57 bits per heavy atom. The number of ether oxygens (including phenoxy) is 1. The summed E-state index contributed by atoms with van der Waals surface area (Å²) in [5.41, 5.74) is 0.656. The van der Waals surface area contributed by atoms with E-state index in [1.807, 2.05) is 13.8 Å². The first-order chi connectivity index (χ1) is 14.1. The van der Waals surface area contributed by atoms with Crippen molar-refractivity contribution in [2.24, 2.45) is 0 Å². The minimum atomic E-state index is -0.754. The van der Waals surface area contributed by atoms with Gasteiger partial charge in [0.05, 0.1) is 5.02 Å². The van der Waals surface area contributed by atoms with Gasteiger partial charge in [0, 0.05) is 27.7 Å². The van der Waals surface area contributed by atoms with Crippen molar-refractivity contribution in [1.29, 1.82) is 0 Å². The molecule has 2 aromatic carbocycles. The zero-order valence-electron chi connectivity index (χ0n) is 16.7. The second-order valence-electron chi connectivity index (χ2n) is 6.96. The number of rotatable bonds is 8. The van der Waals surface area contributed by atoms with E-state index < -0.39 is 11.9 Å². The summed E-state index contributed by atoms with van der Waals surface area (Å²) in [6.45, 7) is 5.14. The van der Waals surface area contributed by atoms with Crippen molar-refractivity contribution in [3.8, 4) is 5.75 Å². The van der Waals surface area contributed by atoms with Gasteiger partial charge < -0.3 is 15.0 Å². The maximum atomic E-state index is 13.0. The lowest BCUT2D eigenvalue weighted by Crippen LogP contribution is -2.50. The molecule has 2 amide bonds. The maximum absolute atomic E-state index is 13.0. The molecule has 0 aliphatic heterocycles. The smallest absolute Gasteiger partial charge is 0.261 e. The number of benzene rings is 2. The fraction of sp³-hybridized carbons (Fsp3) is 0.333. The summed E-state index contributed by atoms with van der Waals surface area (Å²) in [5.74, 6) is -0.371. The van der Waals surface area contributed by atoms with Crippen molar-refractivity contribution in [3.05, 3.63) is 62.1 Å². The standard InChI is InChI=1S/C21H22Cl4N2O3/c1-12(2)26-21(29)13(3)27(10-14-4-5-15(22)8-17(14)24)20(28)11-30-19-7-6-16(23)9-18(19)25/h4-9,12-13H,10-11H2,1-3H3,(H,26,29)/t13-/m0/s1. The summed E-state index contributed by atoms with van der Waals surface area (Å²) >= 11 is 24.2. The molecule has 0 aliphatic carbocycles. The van der Waals surface area contributed by atoms with E-state index in [-0.39, 0.29) is 30.1 Å². The molecule has 30 heavy (non-hydrogen) atoms. The van der Waals surface area contributed by atoms with Crippen LogP contribution >= 0.6 is 46.4 Å². The lowest BCUT2D eigenvalue weighted by atomic mass is 10.1. The van der Waals surface area contributed by atoms with Crippen LogP contribution in [0.2, 0.25) is 20.1 Å². The molecule has 0 fully saturated rings. The third kappa shape index (κ3) is 6.95. The summed E-state index contributed by atoms with van der Waals surface area (Å²) in [6.07, 6.45) is 0. The van der Waals surface area contributed by atoms with Crippen molar-refractivity contribution in [1.82, 2.24) is 10.2 Å². The van der Waals surface area contributed by atoms with Crippen LogP contribution in [0.15, 0.2) is 36.4 Å². The van der Waals surface area contributed by atoms with Crippen LogP contribution in [0.3, 0.4) is 0 Å². The number of nitrogens with zero attached hydrogens (tertiary/aromatic N) is 1. The fourth-order valence-corrected chi connectivity index (χ4v) is 3.57. The van der Waals surface area contributed by atoms with Gasteiger partial charge in [0.1, 0.15) is 11.8 Å². The van der Waals surface area contributed by atoms with E-state index in [0.29, 0.717) is 26.4 Å². The predicted molar refractivity (Wildman–Crippen MR) is 122 cm³/mol. The van der Waals surface area contributed by atoms with Gasteiger partial charge >= 0.3 is 0 Å². The molecule has 0 spiro atoms. The summed E-state index contributed by atoms with van der Waals surface area (Å²) in [4.78, 5) is 26.9. The van der Waals surface area contributed by atoms with Crippen molar-refractivity contribution < 1.29 is 14.3 Å². The molecule has 5 nitrogen and oxygen atoms in total. The van der Waals surface area contributed by atoms with Gasteiger partial charge in [0.15, 0.2) is 6.61 Å². The van der Waals surface area contributed by atoms with Crippen molar-refractivity contribution >= 4 is 58.2 Å². The highest BCUT2D eigenvalue weighted by Gasteiger charge is 2.27. The molecule has 0 aromatic heterocycles.